The number of nitrogens with one attached hydrogen (secondary N) is 1. The third-order valence-corrected chi connectivity index (χ3v) is 7.16. The van der Waals surface area contributed by atoms with Crippen molar-refractivity contribution in [1.82, 2.24) is 5.32 Å². The van der Waals surface area contributed by atoms with E-state index in [0.29, 0.717) is 17.9 Å². The van der Waals surface area contributed by atoms with Gasteiger partial charge in [0.05, 0.1) is 13.2 Å². The van der Waals surface area contributed by atoms with E-state index in [1.807, 2.05) is 36.4 Å². The summed E-state index contributed by atoms with van der Waals surface area (Å²) >= 11 is 0. The minimum absolute atomic E-state index is 0.279. The van der Waals surface area contributed by atoms with Crippen molar-refractivity contribution in [2.75, 3.05) is 26.3 Å². The summed E-state index contributed by atoms with van der Waals surface area (Å²) < 4.78 is 11.5. The monoisotopic (exact) mass is 466 g/mol. The first-order valence-electron chi connectivity index (χ1n) is 12.5. The van der Waals surface area contributed by atoms with Crippen LogP contribution in [0.15, 0.2) is 60.7 Å². The van der Waals surface area contributed by atoms with Crippen LogP contribution < -0.4 is 11.1 Å². The molecular weight excluding hydrogens is 424 g/mol. The van der Waals surface area contributed by atoms with Crippen molar-refractivity contribution >= 4 is 6.41 Å². The number of amides is 1. The molecular formula is C29H42N2O3. The maximum Gasteiger partial charge on any atom is 0.207 e. The first-order chi connectivity index (χ1) is 16.4. The van der Waals surface area contributed by atoms with Crippen LogP contribution in [0.5, 0.6) is 0 Å². The lowest BCUT2D eigenvalue weighted by molar-refractivity contribution is -0.110. The van der Waals surface area contributed by atoms with Crippen LogP contribution in [0.4, 0.5) is 0 Å². The fraction of sp³-hybridized carbons (Fsp3) is 0.552. The summed E-state index contributed by atoms with van der Waals surface area (Å²) in [5.41, 5.74) is 8.86. The van der Waals surface area contributed by atoms with Gasteiger partial charge in [-0.05, 0) is 66.0 Å². The van der Waals surface area contributed by atoms with E-state index in [1.165, 1.54) is 24.0 Å². The van der Waals surface area contributed by atoms with Gasteiger partial charge in [-0.1, -0.05) is 74.5 Å². The molecule has 0 aromatic heterocycles. The summed E-state index contributed by atoms with van der Waals surface area (Å²) in [5, 5.41) is 2.77. The Hall–Kier alpha value is -2.21. The maximum atomic E-state index is 10.3. The van der Waals surface area contributed by atoms with E-state index >= 15 is 0 Å². The zero-order valence-electron chi connectivity index (χ0n) is 20.9. The molecule has 0 atom stereocenters. The van der Waals surface area contributed by atoms with Gasteiger partial charge in [-0.2, -0.15) is 0 Å². The Kier molecular flexibility index (Phi) is 10.1. The van der Waals surface area contributed by atoms with Crippen LogP contribution in [0, 0.1) is 22.7 Å². The molecule has 3 N–H and O–H groups in total. The van der Waals surface area contributed by atoms with Gasteiger partial charge < -0.3 is 20.5 Å². The van der Waals surface area contributed by atoms with Crippen molar-refractivity contribution in [2.24, 2.45) is 28.4 Å². The highest BCUT2D eigenvalue weighted by atomic mass is 16.5. The van der Waals surface area contributed by atoms with Crippen molar-refractivity contribution < 1.29 is 14.3 Å². The standard InChI is InChI=1S/C15H21NO2.C14H21NO/c1-15(11-16-12-17)7-14(8-15)10-18-9-13-5-3-2-4-6-13;1-14(11-15)7-13(8-14)10-16-9-12-5-3-2-4-6-12/h2-6,12,14H,7-11H2,1H3,(H,16,17);2-6,13H,7-11,15H2,1H3. The number of nitrogens with two attached hydrogens (primary N) is 1. The lowest BCUT2D eigenvalue weighted by atomic mass is 9.63. The van der Waals surface area contributed by atoms with E-state index in [0.717, 1.165) is 58.1 Å². The second-order valence-corrected chi connectivity index (χ2v) is 10.9. The molecule has 0 radical (unpaired) electrons. The molecule has 0 saturated heterocycles. The van der Waals surface area contributed by atoms with Crippen molar-refractivity contribution in [3.05, 3.63) is 71.8 Å². The Labute approximate surface area is 205 Å². The third kappa shape index (κ3) is 8.53. The van der Waals surface area contributed by atoms with Crippen LogP contribution in [0.25, 0.3) is 0 Å². The molecule has 1 amide bonds. The first kappa shape index (κ1) is 26.4. The average molecular weight is 467 g/mol. The summed E-state index contributed by atoms with van der Waals surface area (Å²) in [6.45, 7) is 9.21. The Balaban J connectivity index is 0.000000192. The SMILES string of the molecule is CC1(CN)CC(COCc2ccccc2)C1.CC1(CNC=O)CC(COCc2ccccc2)C1. The Bertz CT molecular complexity index is 831. The molecule has 5 heteroatoms. The molecule has 2 fully saturated rings. The Morgan fingerprint density at radius 2 is 1.26 bits per heavy atom. The molecule has 0 bridgehead atoms. The molecule has 0 heterocycles. The minimum Gasteiger partial charge on any atom is -0.376 e. The van der Waals surface area contributed by atoms with E-state index in [2.05, 4.69) is 43.4 Å². The maximum absolute atomic E-state index is 10.3. The van der Waals surface area contributed by atoms with E-state index in [1.54, 1.807) is 0 Å². The van der Waals surface area contributed by atoms with Gasteiger partial charge in [0.2, 0.25) is 6.41 Å². The van der Waals surface area contributed by atoms with Gasteiger partial charge in [0.1, 0.15) is 0 Å². The Morgan fingerprint density at radius 1 is 0.824 bits per heavy atom. The number of hydrogen-bond acceptors (Lipinski definition) is 4. The van der Waals surface area contributed by atoms with Gasteiger partial charge in [0.25, 0.3) is 0 Å². The van der Waals surface area contributed by atoms with Crippen molar-refractivity contribution in [3.8, 4) is 0 Å². The first-order valence-corrected chi connectivity index (χ1v) is 12.5. The molecule has 0 unspecified atom stereocenters. The fourth-order valence-corrected chi connectivity index (χ4v) is 5.34. The van der Waals surface area contributed by atoms with E-state index < -0.39 is 0 Å². The predicted molar refractivity (Wildman–Crippen MR) is 137 cm³/mol. The number of carbonyl (C=O) groups is 1. The normalized spacial score (nSPS) is 27.5. The zero-order valence-corrected chi connectivity index (χ0v) is 20.9. The van der Waals surface area contributed by atoms with Gasteiger partial charge in [0, 0.05) is 19.8 Å². The van der Waals surface area contributed by atoms with Gasteiger partial charge in [-0.3, -0.25) is 4.79 Å². The molecule has 2 aliphatic rings. The molecule has 34 heavy (non-hydrogen) atoms. The van der Waals surface area contributed by atoms with Crippen LogP contribution in [0.1, 0.15) is 50.7 Å². The summed E-state index contributed by atoms with van der Waals surface area (Å²) in [6.07, 6.45) is 5.51. The topological polar surface area (TPSA) is 73.6 Å². The average Bonchev–Trinajstić information content (AvgIpc) is 2.82. The highest BCUT2D eigenvalue weighted by molar-refractivity contribution is 5.46. The number of carbonyl (C=O) groups excluding carboxylic acids is 1. The van der Waals surface area contributed by atoms with Gasteiger partial charge in [-0.15, -0.1) is 0 Å². The van der Waals surface area contributed by atoms with E-state index in [-0.39, 0.29) is 5.41 Å². The van der Waals surface area contributed by atoms with Crippen LogP contribution in [-0.2, 0) is 27.5 Å². The van der Waals surface area contributed by atoms with Gasteiger partial charge >= 0.3 is 0 Å². The molecule has 2 saturated carbocycles. The second kappa shape index (κ2) is 13.0. The second-order valence-electron chi connectivity index (χ2n) is 10.9. The molecule has 0 spiro atoms. The van der Waals surface area contributed by atoms with Crippen LogP contribution >= 0.6 is 0 Å². The summed E-state index contributed by atoms with van der Waals surface area (Å²) in [5.74, 6) is 1.37. The van der Waals surface area contributed by atoms with Gasteiger partial charge in [0.15, 0.2) is 0 Å². The minimum atomic E-state index is 0.279. The highest BCUT2D eigenvalue weighted by Crippen LogP contribution is 2.45. The zero-order chi connectivity index (χ0) is 24.3. The van der Waals surface area contributed by atoms with Gasteiger partial charge in [-0.25, -0.2) is 0 Å². The molecule has 2 aromatic carbocycles. The number of benzene rings is 2. The van der Waals surface area contributed by atoms with Crippen LogP contribution in [-0.4, -0.2) is 32.7 Å². The van der Waals surface area contributed by atoms with Crippen molar-refractivity contribution in [3.63, 3.8) is 0 Å². The quantitative estimate of drug-likeness (QED) is 0.434. The van der Waals surface area contributed by atoms with Crippen molar-refractivity contribution in [2.45, 2.75) is 52.7 Å². The number of rotatable bonds is 12. The molecule has 5 nitrogen and oxygen atoms in total. The Morgan fingerprint density at radius 3 is 1.68 bits per heavy atom. The number of ether oxygens (including phenoxy) is 2. The molecule has 0 aliphatic heterocycles. The molecule has 2 aromatic rings. The molecule has 2 aliphatic carbocycles. The van der Waals surface area contributed by atoms with E-state index in [4.69, 9.17) is 15.2 Å². The smallest absolute Gasteiger partial charge is 0.207 e. The summed E-state index contributed by atoms with van der Waals surface area (Å²) in [7, 11) is 0. The lowest BCUT2D eigenvalue weighted by Gasteiger charge is -2.45. The van der Waals surface area contributed by atoms with Crippen molar-refractivity contribution in [1.29, 1.82) is 0 Å². The van der Waals surface area contributed by atoms with Crippen LogP contribution in [0.2, 0.25) is 0 Å². The van der Waals surface area contributed by atoms with Crippen LogP contribution in [0.3, 0.4) is 0 Å². The third-order valence-electron chi connectivity index (χ3n) is 7.16. The number of hydrogen-bond donors (Lipinski definition) is 2. The predicted octanol–water partition coefficient (Wildman–Crippen LogP) is 4.94. The largest absolute Gasteiger partial charge is 0.376 e. The molecule has 186 valence electrons. The highest BCUT2D eigenvalue weighted by Gasteiger charge is 2.40. The summed E-state index contributed by atoms with van der Waals surface area (Å²) in [6, 6.07) is 20.6. The summed E-state index contributed by atoms with van der Waals surface area (Å²) in [4.78, 5) is 10.3. The van der Waals surface area contributed by atoms with E-state index in [9.17, 15) is 4.79 Å². The fourth-order valence-electron chi connectivity index (χ4n) is 5.34. The molecule has 4 rings (SSSR count). The lowest BCUT2D eigenvalue weighted by Crippen LogP contribution is -2.43.